The van der Waals surface area contributed by atoms with E-state index in [9.17, 15) is 0 Å². The van der Waals surface area contributed by atoms with E-state index in [1.807, 2.05) is 26.0 Å². The summed E-state index contributed by atoms with van der Waals surface area (Å²) >= 11 is 1.61. The molecular formula is C11H13N3OS. The molecule has 0 saturated heterocycles. The number of hydrogen-bond donors (Lipinski definition) is 1. The lowest BCUT2D eigenvalue weighted by molar-refractivity contribution is 0.530. The molecule has 0 aliphatic heterocycles. The van der Waals surface area contributed by atoms with Crippen LogP contribution in [0.2, 0.25) is 0 Å². The molecule has 2 heterocycles. The average molecular weight is 235 g/mol. The average Bonchev–Trinajstić information content (AvgIpc) is 2.74. The quantitative estimate of drug-likeness (QED) is 0.654. The molecule has 0 atom stereocenters. The van der Waals surface area contributed by atoms with Crippen LogP contribution in [0.25, 0.3) is 0 Å². The van der Waals surface area contributed by atoms with Gasteiger partial charge in [-0.3, -0.25) is 0 Å². The fourth-order valence-corrected chi connectivity index (χ4v) is 2.26. The Morgan fingerprint density at radius 3 is 2.88 bits per heavy atom. The maximum Gasteiger partial charge on any atom is 0.131 e. The van der Waals surface area contributed by atoms with Gasteiger partial charge in [-0.25, -0.2) is 9.97 Å². The van der Waals surface area contributed by atoms with Crippen LogP contribution in [-0.2, 0) is 5.75 Å². The number of thioether (sulfide) groups is 1. The van der Waals surface area contributed by atoms with E-state index in [2.05, 4.69) is 9.97 Å². The second kappa shape index (κ2) is 4.57. The van der Waals surface area contributed by atoms with Crippen LogP contribution < -0.4 is 5.73 Å². The number of aryl methyl sites for hydroxylation is 1. The Morgan fingerprint density at radius 1 is 1.38 bits per heavy atom. The molecule has 2 aromatic heterocycles. The molecule has 0 fully saturated rings. The Labute approximate surface area is 98.3 Å². The van der Waals surface area contributed by atoms with Gasteiger partial charge in [-0.1, -0.05) is 11.8 Å². The van der Waals surface area contributed by atoms with Gasteiger partial charge in [-0.15, -0.1) is 0 Å². The van der Waals surface area contributed by atoms with Crippen LogP contribution in [0, 0.1) is 13.8 Å². The number of anilines is 1. The first-order valence-electron chi connectivity index (χ1n) is 4.92. The normalized spacial score (nSPS) is 10.6. The predicted octanol–water partition coefficient (Wildman–Crippen LogP) is 2.56. The van der Waals surface area contributed by atoms with Crippen molar-refractivity contribution >= 4 is 17.6 Å². The second-order valence-electron chi connectivity index (χ2n) is 3.45. The van der Waals surface area contributed by atoms with Gasteiger partial charge in [-0.05, 0) is 26.0 Å². The smallest absolute Gasteiger partial charge is 0.131 e. The molecule has 16 heavy (non-hydrogen) atoms. The summed E-state index contributed by atoms with van der Waals surface area (Å²) in [7, 11) is 0. The molecule has 4 nitrogen and oxygen atoms in total. The summed E-state index contributed by atoms with van der Waals surface area (Å²) in [5, 5.41) is 0.918. The molecule has 2 rings (SSSR count). The molecule has 2 N–H and O–H groups in total. The van der Waals surface area contributed by atoms with Crippen LogP contribution in [0.3, 0.4) is 0 Å². The van der Waals surface area contributed by atoms with Gasteiger partial charge >= 0.3 is 0 Å². The molecule has 0 aliphatic rings. The first kappa shape index (κ1) is 11.0. The Hall–Kier alpha value is -1.49. The largest absolute Gasteiger partial charge is 0.468 e. The van der Waals surface area contributed by atoms with Gasteiger partial charge in [0.05, 0.1) is 12.0 Å². The highest BCUT2D eigenvalue weighted by Crippen LogP contribution is 2.26. The zero-order valence-electron chi connectivity index (χ0n) is 9.23. The molecule has 5 heteroatoms. The predicted molar refractivity (Wildman–Crippen MR) is 64.2 cm³/mol. The van der Waals surface area contributed by atoms with Crippen LogP contribution in [0.1, 0.15) is 17.1 Å². The molecule has 0 radical (unpaired) electrons. The van der Waals surface area contributed by atoms with E-state index in [-0.39, 0.29) is 0 Å². The first-order valence-corrected chi connectivity index (χ1v) is 5.91. The zero-order valence-corrected chi connectivity index (χ0v) is 10.0. The van der Waals surface area contributed by atoms with Crippen molar-refractivity contribution < 1.29 is 4.42 Å². The molecule has 0 bridgehead atoms. The van der Waals surface area contributed by atoms with Crippen molar-refractivity contribution in [3.05, 3.63) is 35.5 Å². The van der Waals surface area contributed by atoms with Crippen molar-refractivity contribution in [2.75, 3.05) is 5.73 Å². The van der Waals surface area contributed by atoms with Crippen LogP contribution in [-0.4, -0.2) is 9.97 Å². The molecule has 0 spiro atoms. The standard InChI is InChI=1S/C11H13N3OS/c1-7-10(12)13-8(2)14-11(7)16-6-9-4-3-5-15-9/h3-5H,6H2,1-2H3,(H2,12,13,14). The minimum atomic E-state index is 0.550. The Kier molecular flexibility index (Phi) is 3.14. The molecule has 0 aliphatic carbocycles. The van der Waals surface area contributed by atoms with E-state index < -0.39 is 0 Å². The van der Waals surface area contributed by atoms with Gasteiger partial charge in [-0.2, -0.15) is 0 Å². The molecule has 0 aromatic carbocycles. The van der Waals surface area contributed by atoms with Gasteiger partial charge < -0.3 is 10.2 Å². The maximum atomic E-state index is 5.78. The Morgan fingerprint density at radius 2 is 2.19 bits per heavy atom. The lowest BCUT2D eigenvalue weighted by Crippen LogP contribution is -2.01. The molecule has 0 saturated carbocycles. The lowest BCUT2D eigenvalue weighted by Gasteiger charge is -2.06. The monoisotopic (exact) mass is 235 g/mol. The summed E-state index contributed by atoms with van der Waals surface area (Å²) < 4.78 is 5.26. The van der Waals surface area contributed by atoms with E-state index in [0.717, 1.165) is 22.1 Å². The highest BCUT2D eigenvalue weighted by molar-refractivity contribution is 7.98. The summed E-state index contributed by atoms with van der Waals surface area (Å²) in [6.45, 7) is 3.77. The molecule has 0 amide bonds. The van der Waals surface area contributed by atoms with E-state index in [4.69, 9.17) is 10.2 Å². The van der Waals surface area contributed by atoms with Crippen LogP contribution in [0.5, 0.6) is 0 Å². The fraction of sp³-hybridized carbons (Fsp3) is 0.273. The third-order valence-corrected chi connectivity index (χ3v) is 3.28. The third kappa shape index (κ3) is 2.36. The number of nitrogens with zero attached hydrogens (tertiary/aromatic N) is 2. The van der Waals surface area contributed by atoms with Crippen LogP contribution >= 0.6 is 11.8 Å². The Balaban J connectivity index is 2.15. The van der Waals surface area contributed by atoms with E-state index >= 15 is 0 Å². The van der Waals surface area contributed by atoms with Crippen molar-refractivity contribution in [1.82, 2.24) is 9.97 Å². The molecule has 0 unspecified atom stereocenters. The van der Waals surface area contributed by atoms with Crippen LogP contribution in [0.15, 0.2) is 27.8 Å². The number of nitrogen functional groups attached to an aromatic ring is 1. The minimum absolute atomic E-state index is 0.550. The topological polar surface area (TPSA) is 64.9 Å². The van der Waals surface area contributed by atoms with E-state index in [1.54, 1.807) is 18.0 Å². The third-order valence-electron chi connectivity index (χ3n) is 2.18. The summed E-state index contributed by atoms with van der Waals surface area (Å²) in [6.07, 6.45) is 1.67. The van der Waals surface area contributed by atoms with Gasteiger partial charge in [0.2, 0.25) is 0 Å². The summed E-state index contributed by atoms with van der Waals surface area (Å²) in [4.78, 5) is 8.47. The van der Waals surface area contributed by atoms with Gasteiger partial charge in [0, 0.05) is 5.56 Å². The highest BCUT2D eigenvalue weighted by atomic mass is 32.2. The minimum Gasteiger partial charge on any atom is -0.468 e. The number of furan rings is 1. The van der Waals surface area contributed by atoms with Crippen molar-refractivity contribution in [3.8, 4) is 0 Å². The lowest BCUT2D eigenvalue weighted by atomic mass is 10.3. The fourth-order valence-electron chi connectivity index (χ4n) is 1.30. The van der Waals surface area contributed by atoms with Crippen LogP contribution in [0.4, 0.5) is 5.82 Å². The van der Waals surface area contributed by atoms with E-state index in [1.165, 1.54) is 0 Å². The van der Waals surface area contributed by atoms with Crippen molar-refractivity contribution in [2.24, 2.45) is 0 Å². The second-order valence-corrected chi connectivity index (χ2v) is 4.42. The molecule has 2 aromatic rings. The first-order chi connectivity index (χ1) is 7.66. The highest BCUT2D eigenvalue weighted by Gasteiger charge is 2.08. The summed E-state index contributed by atoms with van der Waals surface area (Å²) in [6, 6.07) is 3.82. The van der Waals surface area contributed by atoms with Crippen molar-refractivity contribution in [2.45, 2.75) is 24.6 Å². The Bertz CT molecular complexity index is 482. The summed E-state index contributed by atoms with van der Waals surface area (Å²) in [5.74, 6) is 2.93. The van der Waals surface area contributed by atoms with Crippen molar-refractivity contribution in [3.63, 3.8) is 0 Å². The maximum absolute atomic E-state index is 5.78. The van der Waals surface area contributed by atoms with Gasteiger partial charge in [0.25, 0.3) is 0 Å². The summed E-state index contributed by atoms with van der Waals surface area (Å²) in [5.41, 5.74) is 6.72. The SMILES string of the molecule is Cc1nc(N)c(C)c(SCc2ccco2)n1. The number of aromatic nitrogens is 2. The number of hydrogen-bond acceptors (Lipinski definition) is 5. The zero-order chi connectivity index (χ0) is 11.5. The van der Waals surface area contributed by atoms with Gasteiger partial charge in [0.1, 0.15) is 22.4 Å². The van der Waals surface area contributed by atoms with Crippen molar-refractivity contribution in [1.29, 1.82) is 0 Å². The number of nitrogens with two attached hydrogens (primary N) is 1. The van der Waals surface area contributed by atoms with E-state index in [0.29, 0.717) is 11.6 Å². The molecule has 84 valence electrons. The van der Waals surface area contributed by atoms with Gasteiger partial charge in [0.15, 0.2) is 0 Å². The molecular weight excluding hydrogens is 222 g/mol. The number of rotatable bonds is 3.